The van der Waals surface area contributed by atoms with E-state index in [-0.39, 0.29) is 16.7 Å². The summed E-state index contributed by atoms with van der Waals surface area (Å²) in [5.41, 5.74) is 0. The van der Waals surface area contributed by atoms with Gasteiger partial charge >= 0.3 is 0 Å². The predicted octanol–water partition coefficient (Wildman–Crippen LogP) is 0.844. The molecule has 1 amide bonds. The Balaban J connectivity index is 1.61. The summed E-state index contributed by atoms with van der Waals surface area (Å²) in [5.74, 6) is 0.215. The Morgan fingerprint density at radius 2 is 2.04 bits per heavy atom. The minimum atomic E-state index is -3.54. The van der Waals surface area contributed by atoms with Crippen molar-refractivity contribution in [1.82, 2.24) is 19.5 Å². The molecule has 1 saturated heterocycles. The third-order valence-corrected chi connectivity index (χ3v) is 5.74. The van der Waals surface area contributed by atoms with Gasteiger partial charge in [0.15, 0.2) is 0 Å². The van der Waals surface area contributed by atoms with Crippen LogP contribution in [0.25, 0.3) is 0 Å². The van der Waals surface area contributed by atoms with Gasteiger partial charge in [0.05, 0.1) is 6.20 Å². The topological polar surface area (TPSA) is 108 Å². The first-order chi connectivity index (χ1) is 11.1. The lowest BCUT2D eigenvalue weighted by atomic mass is 9.97. The van der Waals surface area contributed by atoms with E-state index >= 15 is 0 Å². The molecule has 2 aromatic heterocycles. The van der Waals surface area contributed by atoms with Gasteiger partial charge in [0.25, 0.3) is 0 Å². The number of nitrogens with zero attached hydrogens (tertiary/aromatic N) is 3. The Bertz CT molecular complexity index is 753. The predicted molar refractivity (Wildman–Crippen MR) is 82.9 cm³/mol. The molecular formula is C14H17N5O3S. The molecule has 2 N–H and O–H groups in total. The number of carbonyl (C=O) groups excluding carboxylic acids is 1. The van der Waals surface area contributed by atoms with Crippen LogP contribution in [0.5, 0.6) is 0 Å². The van der Waals surface area contributed by atoms with Crippen molar-refractivity contribution in [2.24, 2.45) is 5.92 Å². The Morgan fingerprint density at radius 1 is 1.26 bits per heavy atom. The van der Waals surface area contributed by atoms with Crippen LogP contribution in [0.3, 0.4) is 0 Å². The van der Waals surface area contributed by atoms with Gasteiger partial charge in [-0.1, -0.05) is 0 Å². The Labute approximate surface area is 134 Å². The maximum Gasteiger partial charge on any atom is 0.244 e. The van der Waals surface area contributed by atoms with Gasteiger partial charge in [-0.3, -0.25) is 14.9 Å². The summed E-state index contributed by atoms with van der Waals surface area (Å²) in [6.07, 6.45) is 5.40. The number of pyridine rings is 1. The number of H-pyrrole nitrogens is 1. The minimum absolute atomic E-state index is 0.118. The SMILES string of the molecule is O=C(Nc1ccn[nH]1)C1CCN(S(=O)(=O)c2cccnc2)CC1. The fourth-order valence-electron chi connectivity index (χ4n) is 2.57. The van der Waals surface area contributed by atoms with E-state index in [0.717, 1.165) is 0 Å². The second-order valence-electron chi connectivity index (χ2n) is 5.33. The van der Waals surface area contributed by atoms with Crippen LogP contribution in [0.2, 0.25) is 0 Å². The number of hydrogen-bond acceptors (Lipinski definition) is 5. The van der Waals surface area contributed by atoms with Crippen LogP contribution in [0, 0.1) is 5.92 Å². The summed E-state index contributed by atoms with van der Waals surface area (Å²) in [6.45, 7) is 0.635. The lowest BCUT2D eigenvalue weighted by Gasteiger charge is -2.30. The summed E-state index contributed by atoms with van der Waals surface area (Å²) in [5, 5.41) is 9.17. The zero-order valence-electron chi connectivity index (χ0n) is 12.3. The van der Waals surface area contributed by atoms with Crippen LogP contribution < -0.4 is 5.32 Å². The number of rotatable bonds is 4. The standard InChI is InChI=1S/C14H17N5O3S/c20-14(17-13-3-7-16-18-13)11-4-8-19(9-5-11)23(21,22)12-2-1-6-15-10-12/h1-3,6-7,10-11H,4-5,8-9H2,(H2,16,17,18,20). The Kier molecular flexibility index (Phi) is 4.39. The fourth-order valence-corrected chi connectivity index (χ4v) is 4.00. The molecule has 0 unspecified atom stereocenters. The largest absolute Gasteiger partial charge is 0.311 e. The molecule has 0 saturated carbocycles. The molecule has 0 aliphatic carbocycles. The Hall–Kier alpha value is -2.26. The number of amides is 1. The molecule has 9 heteroatoms. The second kappa shape index (κ2) is 6.47. The van der Waals surface area contributed by atoms with Crippen molar-refractivity contribution in [3.63, 3.8) is 0 Å². The number of nitrogens with one attached hydrogen (secondary N) is 2. The molecule has 0 radical (unpaired) electrons. The smallest absolute Gasteiger partial charge is 0.244 e. The average molecular weight is 335 g/mol. The molecule has 3 heterocycles. The van der Waals surface area contributed by atoms with E-state index < -0.39 is 10.0 Å². The van der Waals surface area contributed by atoms with Crippen LogP contribution in [0.4, 0.5) is 5.82 Å². The van der Waals surface area contributed by atoms with Crippen molar-refractivity contribution in [2.45, 2.75) is 17.7 Å². The molecule has 0 spiro atoms. The van der Waals surface area contributed by atoms with Crippen LogP contribution in [0.1, 0.15) is 12.8 Å². The van der Waals surface area contributed by atoms with Gasteiger partial charge in [-0.05, 0) is 25.0 Å². The second-order valence-corrected chi connectivity index (χ2v) is 7.26. The third kappa shape index (κ3) is 3.40. The highest BCUT2D eigenvalue weighted by Gasteiger charge is 2.32. The number of piperidine rings is 1. The molecule has 0 bridgehead atoms. The molecule has 1 aliphatic rings. The van der Waals surface area contributed by atoms with Crippen LogP contribution in [0.15, 0.2) is 41.7 Å². The molecule has 1 aliphatic heterocycles. The van der Waals surface area contributed by atoms with Gasteiger partial charge in [0.2, 0.25) is 15.9 Å². The number of sulfonamides is 1. The molecule has 3 rings (SSSR count). The molecule has 0 atom stereocenters. The average Bonchev–Trinajstić information content (AvgIpc) is 3.09. The summed E-state index contributed by atoms with van der Waals surface area (Å²) in [6, 6.07) is 4.79. The van der Waals surface area contributed by atoms with E-state index in [4.69, 9.17) is 0 Å². The normalized spacial score (nSPS) is 17.0. The van der Waals surface area contributed by atoms with E-state index in [1.54, 1.807) is 18.3 Å². The summed E-state index contributed by atoms with van der Waals surface area (Å²) < 4.78 is 26.4. The van der Waals surface area contributed by atoms with Crippen molar-refractivity contribution in [3.8, 4) is 0 Å². The first-order valence-corrected chi connectivity index (χ1v) is 8.72. The number of aromatic nitrogens is 3. The van der Waals surface area contributed by atoms with E-state index in [0.29, 0.717) is 31.7 Å². The molecule has 122 valence electrons. The van der Waals surface area contributed by atoms with Crippen molar-refractivity contribution < 1.29 is 13.2 Å². The molecule has 23 heavy (non-hydrogen) atoms. The van der Waals surface area contributed by atoms with Gasteiger partial charge in [-0.25, -0.2) is 8.42 Å². The lowest BCUT2D eigenvalue weighted by molar-refractivity contribution is -0.120. The minimum Gasteiger partial charge on any atom is -0.311 e. The van der Waals surface area contributed by atoms with Crippen LogP contribution >= 0.6 is 0 Å². The monoisotopic (exact) mass is 335 g/mol. The highest BCUT2D eigenvalue weighted by Crippen LogP contribution is 2.24. The van der Waals surface area contributed by atoms with Crippen molar-refractivity contribution in [1.29, 1.82) is 0 Å². The highest BCUT2D eigenvalue weighted by molar-refractivity contribution is 7.89. The van der Waals surface area contributed by atoms with Crippen molar-refractivity contribution >= 4 is 21.7 Å². The maximum absolute atomic E-state index is 12.5. The van der Waals surface area contributed by atoms with Gasteiger partial charge in [0, 0.05) is 37.5 Å². The highest BCUT2D eigenvalue weighted by atomic mass is 32.2. The van der Waals surface area contributed by atoms with Gasteiger partial charge in [-0.2, -0.15) is 9.40 Å². The van der Waals surface area contributed by atoms with Gasteiger partial charge in [0.1, 0.15) is 10.7 Å². The van der Waals surface area contributed by atoms with E-state index in [2.05, 4.69) is 20.5 Å². The number of anilines is 1. The van der Waals surface area contributed by atoms with E-state index in [1.165, 1.54) is 22.8 Å². The fraction of sp³-hybridized carbons (Fsp3) is 0.357. The van der Waals surface area contributed by atoms with Crippen molar-refractivity contribution in [3.05, 3.63) is 36.8 Å². The quantitative estimate of drug-likeness (QED) is 0.861. The zero-order valence-corrected chi connectivity index (χ0v) is 13.2. The molecule has 2 aromatic rings. The number of hydrogen-bond donors (Lipinski definition) is 2. The van der Waals surface area contributed by atoms with E-state index in [1.807, 2.05) is 0 Å². The first kappa shape index (κ1) is 15.6. The van der Waals surface area contributed by atoms with Gasteiger partial charge in [-0.15, -0.1) is 0 Å². The number of carbonyl (C=O) groups is 1. The molecule has 1 fully saturated rings. The maximum atomic E-state index is 12.5. The summed E-state index contributed by atoms with van der Waals surface area (Å²) >= 11 is 0. The van der Waals surface area contributed by atoms with E-state index in [9.17, 15) is 13.2 Å². The summed E-state index contributed by atoms with van der Waals surface area (Å²) in [7, 11) is -3.54. The first-order valence-electron chi connectivity index (χ1n) is 7.28. The molecule has 0 aromatic carbocycles. The van der Waals surface area contributed by atoms with Crippen LogP contribution in [-0.4, -0.2) is 46.9 Å². The lowest BCUT2D eigenvalue weighted by Crippen LogP contribution is -2.41. The van der Waals surface area contributed by atoms with Gasteiger partial charge < -0.3 is 5.32 Å². The van der Waals surface area contributed by atoms with Crippen molar-refractivity contribution in [2.75, 3.05) is 18.4 Å². The molecule has 8 nitrogen and oxygen atoms in total. The Morgan fingerprint density at radius 3 is 2.65 bits per heavy atom. The zero-order chi connectivity index (χ0) is 16.3. The van der Waals surface area contributed by atoms with Crippen LogP contribution in [-0.2, 0) is 14.8 Å². The third-order valence-electron chi connectivity index (χ3n) is 3.86. The number of aromatic amines is 1. The molecular weight excluding hydrogens is 318 g/mol. The summed E-state index contributed by atoms with van der Waals surface area (Å²) in [4.78, 5) is 16.2.